The molecule has 1 saturated carbocycles. The number of carbonyl (C=O) groups is 1. The summed E-state index contributed by atoms with van der Waals surface area (Å²) >= 11 is 0. The SMILES string of the molecule is CS(=O)(=O)c1cccc([C@@H]2C[C@H]2C(=O)O)c1. The number of benzene rings is 1. The molecule has 0 radical (unpaired) electrons. The summed E-state index contributed by atoms with van der Waals surface area (Å²) in [7, 11) is -3.22. The minimum atomic E-state index is -3.22. The normalized spacial score (nSPS) is 24.1. The van der Waals surface area contributed by atoms with E-state index in [1.54, 1.807) is 18.2 Å². The molecule has 0 spiro atoms. The summed E-state index contributed by atoms with van der Waals surface area (Å²) in [5.74, 6) is -1.19. The largest absolute Gasteiger partial charge is 0.481 e. The number of aliphatic carboxylic acids is 1. The summed E-state index contributed by atoms with van der Waals surface area (Å²) < 4.78 is 22.7. The van der Waals surface area contributed by atoms with Gasteiger partial charge in [0.2, 0.25) is 0 Å². The Hall–Kier alpha value is -1.36. The van der Waals surface area contributed by atoms with Crippen molar-refractivity contribution < 1.29 is 18.3 Å². The molecule has 0 heterocycles. The topological polar surface area (TPSA) is 71.4 Å². The summed E-state index contributed by atoms with van der Waals surface area (Å²) in [6.45, 7) is 0. The first-order valence-corrected chi connectivity index (χ1v) is 6.81. The fraction of sp³-hybridized carbons (Fsp3) is 0.364. The van der Waals surface area contributed by atoms with E-state index in [0.717, 1.165) is 11.8 Å². The van der Waals surface area contributed by atoms with Gasteiger partial charge in [0.1, 0.15) is 0 Å². The monoisotopic (exact) mass is 240 g/mol. The predicted molar refractivity (Wildman–Crippen MR) is 58.0 cm³/mol. The average Bonchev–Trinajstić information content (AvgIpc) is 2.96. The molecule has 0 unspecified atom stereocenters. The molecule has 1 aliphatic carbocycles. The molecule has 5 heteroatoms. The lowest BCUT2D eigenvalue weighted by Crippen LogP contribution is -2.00. The zero-order valence-corrected chi connectivity index (χ0v) is 9.57. The van der Waals surface area contributed by atoms with Crippen molar-refractivity contribution in [1.29, 1.82) is 0 Å². The van der Waals surface area contributed by atoms with E-state index in [4.69, 9.17) is 5.11 Å². The Bertz CT molecular complexity index is 533. The van der Waals surface area contributed by atoms with Gasteiger partial charge in [-0.05, 0) is 30.0 Å². The Morgan fingerprint density at radius 1 is 1.44 bits per heavy atom. The van der Waals surface area contributed by atoms with Crippen LogP contribution in [0.3, 0.4) is 0 Å². The highest BCUT2D eigenvalue weighted by Gasteiger charge is 2.44. The minimum Gasteiger partial charge on any atom is -0.481 e. The zero-order chi connectivity index (χ0) is 11.9. The lowest BCUT2D eigenvalue weighted by Gasteiger charge is -2.02. The standard InChI is InChI=1S/C11H12O4S/c1-16(14,15)8-4-2-3-7(5-8)9-6-10(9)11(12)13/h2-5,9-10H,6H2,1H3,(H,12,13)/t9-,10+/m0/s1. The van der Waals surface area contributed by atoms with E-state index < -0.39 is 15.8 Å². The molecule has 86 valence electrons. The summed E-state index contributed by atoms with van der Waals surface area (Å²) in [6, 6.07) is 6.53. The van der Waals surface area contributed by atoms with Gasteiger partial charge in [0.15, 0.2) is 9.84 Å². The Labute approximate surface area is 93.8 Å². The molecule has 1 fully saturated rings. The van der Waals surface area contributed by atoms with Crippen LogP contribution in [0.5, 0.6) is 0 Å². The molecule has 0 aliphatic heterocycles. The summed E-state index contributed by atoms with van der Waals surface area (Å²) in [5, 5.41) is 8.80. The molecular weight excluding hydrogens is 228 g/mol. The van der Waals surface area contributed by atoms with Crippen molar-refractivity contribution in [2.45, 2.75) is 17.2 Å². The summed E-state index contributed by atoms with van der Waals surface area (Å²) in [6.07, 6.45) is 1.75. The highest BCUT2D eigenvalue weighted by atomic mass is 32.2. The molecule has 0 bridgehead atoms. The maximum Gasteiger partial charge on any atom is 0.307 e. The van der Waals surface area contributed by atoms with Crippen LogP contribution >= 0.6 is 0 Å². The molecule has 1 aromatic carbocycles. The number of carboxylic acids is 1. The highest BCUT2D eigenvalue weighted by Crippen LogP contribution is 2.47. The summed E-state index contributed by atoms with van der Waals surface area (Å²) in [4.78, 5) is 11.0. The maximum absolute atomic E-state index is 11.3. The van der Waals surface area contributed by atoms with Crippen molar-refractivity contribution in [3.63, 3.8) is 0 Å². The number of sulfone groups is 1. The van der Waals surface area contributed by atoms with Gasteiger partial charge in [0.05, 0.1) is 10.8 Å². The Morgan fingerprint density at radius 2 is 2.12 bits per heavy atom. The van der Waals surface area contributed by atoms with Crippen LogP contribution in [0, 0.1) is 5.92 Å². The van der Waals surface area contributed by atoms with E-state index in [-0.39, 0.29) is 16.7 Å². The number of rotatable bonds is 3. The first-order chi connectivity index (χ1) is 7.39. The molecule has 0 aromatic heterocycles. The van der Waals surface area contributed by atoms with E-state index >= 15 is 0 Å². The third-order valence-electron chi connectivity index (χ3n) is 2.82. The second-order valence-electron chi connectivity index (χ2n) is 4.13. The highest BCUT2D eigenvalue weighted by molar-refractivity contribution is 7.90. The van der Waals surface area contributed by atoms with Gasteiger partial charge in [-0.3, -0.25) is 4.79 Å². The van der Waals surface area contributed by atoms with Gasteiger partial charge in [-0.1, -0.05) is 12.1 Å². The predicted octanol–water partition coefficient (Wildman–Crippen LogP) is 1.28. The maximum atomic E-state index is 11.3. The first kappa shape index (κ1) is 11.1. The minimum absolute atomic E-state index is 0.0285. The Kier molecular flexibility index (Phi) is 2.50. The van der Waals surface area contributed by atoms with Gasteiger partial charge in [0, 0.05) is 6.26 Å². The van der Waals surface area contributed by atoms with Crippen molar-refractivity contribution in [2.75, 3.05) is 6.26 Å². The molecule has 1 aliphatic rings. The molecule has 0 saturated heterocycles. The molecule has 1 aromatic rings. The third kappa shape index (κ3) is 2.09. The van der Waals surface area contributed by atoms with E-state index in [0.29, 0.717) is 6.42 Å². The van der Waals surface area contributed by atoms with Crippen molar-refractivity contribution in [3.8, 4) is 0 Å². The van der Waals surface area contributed by atoms with E-state index in [1.807, 2.05) is 0 Å². The van der Waals surface area contributed by atoms with Crippen LogP contribution in [0.25, 0.3) is 0 Å². The van der Waals surface area contributed by atoms with E-state index in [2.05, 4.69) is 0 Å². The van der Waals surface area contributed by atoms with Crippen LogP contribution in [0.1, 0.15) is 17.9 Å². The van der Waals surface area contributed by atoms with Crippen molar-refractivity contribution >= 4 is 15.8 Å². The number of hydrogen-bond acceptors (Lipinski definition) is 3. The second-order valence-corrected chi connectivity index (χ2v) is 6.15. The van der Waals surface area contributed by atoms with Crippen molar-refractivity contribution in [3.05, 3.63) is 29.8 Å². The van der Waals surface area contributed by atoms with Gasteiger partial charge in [-0.2, -0.15) is 0 Å². The molecule has 2 atom stereocenters. The molecule has 2 rings (SSSR count). The molecule has 4 nitrogen and oxygen atoms in total. The van der Waals surface area contributed by atoms with E-state index in [1.165, 1.54) is 6.07 Å². The summed E-state index contributed by atoms with van der Waals surface area (Å²) in [5.41, 5.74) is 0.801. The number of carboxylic acid groups (broad SMARTS) is 1. The first-order valence-electron chi connectivity index (χ1n) is 4.92. The van der Waals surface area contributed by atoms with Crippen LogP contribution in [-0.2, 0) is 14.6 Å². The second kappa shape index (κ2) is 3.59. The van der Waals surface area contributed by atoms with Crippen LogP contribution in [0.15, 0.2) is 29.2 Å². The number of hydrogen-bond donors (Lipinski definition) is 1. The van der Waals surface area contributed by atoms with Crippen LogP contribution in [0.4, 0.5) is 0 Å². The van der Waals surface area contributed by atoms with Gasteiger partial charge in [-0.15, -0.1) is 0 Å². The van der Waals surface area contributed by atoms with Crippen LogP contribution in [-0.4, -0.2) is 25.7 Å². The molecular formula is C11H12O4S. The lowest BCUT2D eigenvalue weighted by atomic mass is 10.1. The van der Waals surface area contributed by atoms with Crippen LogP contribution < -0.4 is 0 Å². The molecule has 16 heavy (non-hydrogen) atoms. The Balaban J connectivity index is 2.29. The van der Waals surface area contributed by atoms with Crippen LogP contribution in [0.2, 0.25) is 0 Å². The van der Waals surface area contributed by atoms with Gasteiger partial charge in [-0.25, -0.2) is 8.42 Å². The fourth-order valence-electron chi connectivity index (χ4n) is 1.81. The molecule has 0 amide bonds. The van der Waals surface area contributed by atoms with Gasteiger partial charge >= 0.3 is 5.97 Å². The smallest absolute Gasteiger partial charge is 0.307 e. The Morgan fingerprint density at radius 3 is 2.62 bits per heavy atom. The lowest BCUT2D eigenvalue weighted by molar-refractivity contribution is -0.138. The molecule has 1 N–H and O–H groups in total. The van der Waals surface area contributed by atoms with Gasteiger partial charge in [0.25, 0.3) is 0 Å². The zero-order valence-electron chi connectivity index (χ0n) is 8.75. The quantitative estimate of drug-likeness (QED) is 0.863. The van der Waals surface area contributed by atoms with Crippen molar-refractivity contribution in [1.82, 2.24) is 0 Å². The fourth-order valence-corrected chi connectivity index (χ4v) is 2.49. The van der Waals surface area contributed by atoms with E-state index in [9.17, 15) is 13.2 Å². The van der Waals surface area contributed by atoms with Crippen molar-refractivity contribution in [2.24, 2.45) is 5.92 Å². The van der Waals surface area contributed by atoms with Gasteiger partial charge < -0.3 is 5.11 Å². The third-order valence-corrected chi connectivity index (χ3v) is 3.93. The average molecular weight is 240 g/mol.